The zero-order valence-electron chi connectivity index (χ0n) is 12.9. The second-order valence-corrected chi connectivity index (χ2v) is 5.70. The number of benzene rings is 1. The van der Waals surface area contributed by atoms with Crippen molar-refractivity contribution in [3.05, 3.63) is 29.8 Å². The molecule has 0 radical (unpaired) electrons. The number of carbonyl (C=O) groups is 1. The molecule has 1 aromatic carbocycles. The minimum absolute atomic E-state index is 0. The molecule has 0 aromatic heterocycles. The lowest BCUT2D eigenvalue weighted by Gasteiger charge is -2.32. The maximum absolute atomic E-state index is 12.0. The third-order valence-corrected chi connectivity index (χ3v) is 3.82. The average molecular weight is 313 g/mol. The van der Waals surface area contributed by atoms with Crippen LogP contribution in [-0.4, -0.2) is 31.6 Å². The van der Waals surface area contributed by atoms with E-state index in [9.17, 15) is 4.79 Å². The Morgan fingerprint density at radius 1 is 1.43 bits per heavy atom. The van der Waals surface area contributed by atoms with Crippen LogP contribution in [0.25, 0.3) is 0 Å². The third kappa shape index (κ3) is 5.21. The van der Waals surface area contributed by atoms with Crippen molar-refractivity contribution in [3.8, 4) is 5.75 Å². The minimum Gasteiger partial charge on any atom is -0.489 e. The summed E-state index contributed by atoms with van der Waals surface area (Å²) in [5, 5.41) is 6.17. The molecule has 1 saturated heterocycles. The molecule has 1 aliphatic heterocycles. The molecule has 2 unspecified atom stereocenters. The highest BCUT2D eigenvalue weighted by Gasteiger charge is 2.28. The molecule has 0 bridgehead atoms. The topological polar surface area (TPSA) is 50.4 Å². The lowest BCUT2D eigenvalue weighted by Crippen LogP contribution is -2.50. The number of hydrogen-bond acceptors (Lipinski definition) is 3. The molecule has 2 N–H and O–H groups in total. The molecule has 0 aliphatic carbocycles. The van der Waals surface area contributed by atoms with Gasteiger partial charge in [-0.2, -0.15) is 0 Å². The summed E-state index contributed by atoms with van der Waals surface area (Å²) in [6.07, 6.45) is -0.0348. The van der Waals surface area contributed by atoms with Crippen LogP contribution < -0.4 is 15.4 Å². The standard InChI is InChI=1S/C16H24N2O2.ClH/c1-11-5-4-6-15(7-11)20-12(2)8-18-16(19)13(3)14-9-17-10-14;/h4-7,12-14,17H,8-10H2,1-3H3,(H,18,19);1H. The zero-order chi connectivity index (χ0) is 14.5. The van der Waals surface area contributed by atoms with Crippen molar-refractivity contribution in [2.45, 2.75) is 26.9 Å². The Labute approximate surface area is 133 Å². The highest BCUT2D eigenvalue weighted by atomic mass is 35.5. The van der Waals surface area contributed by atoms with Gasteiger partial charge in [0.15, 0.2) is 0 Å². The molecule has 4 nitrogen and oxygen atoms in total. The first kappa shape index (κ1) is 17.8. The van der Waals surface area contributed by atoms with Crippen molar-refractivity contribution in [2.24, 2.45) is 11.8 Å². The molecule has 2 atom stereocenters. The van der Waals surface area contributed by atoms with Crippen LogP contribution in [-0.2, 0) is 4.79 Å². The van der Waals surface area contributed by atoms with E-state index >= 15 is 0 Å². The molecule has 21 heavy (non-hydrogen) atoms. The Morgan fingerprint density at radius 2 is 2.14 bits per heavy atom. The van der Waals surface area contributed by atoms with Crippen LogP contribution in [0.2, 0.25) is 0 Å². The Bertz CT molecular complexity index is 463. The van der Waals surface area contributed by atoms with Crippen LogP contribution in [0.1, 0.15) is 19.4 Å². The first-order chi connectivity index (χ1) is 9.56. The van der Waals surface area contributed by atoms with E-state index in [0.29, 0.717) is 12.5 Å². The molecule has 118 valence electrons. The highest BCUT2D eigenvalue weighted by molar-refractivity contribution is 5.85. The molecule has 0 spiro atoms. The Morgan fingerprint density at radius 3 is 2.71 bits per heavy atom. The Hall–Kier alpha value is -1.26. The maximum atomic E-state index is 12.0. The van der Waals surface area contributed by atoms with Crippen molar-refractivity contribution in [2.75, 3.05) is 19.6 Å². The van der Waals surface area contributed by atoms with Crippen LogP contribution >= 0.6 is 12.4 Å². The zero-order valence-corrected chi connectivity index (χ0v) is 13.7. The molecular formula is C16H25ClN2O2. The smallest absolute Gasteiger partial charge is 0.223 e. The minimum atomic E-state index is -0.0348. The number of halogens is 1. The first-order valence-corrected chi connectivity index (χ1v) is 7.28. The number of amides is 1. The van der Waals surface area contributed by atoms with Crippen molar-refractivity contribution in [3.63, 3.8) is 0 Å². The Balaban J connectivity index is 0.00000220. The Kier molecular flexibility index (Phi) is 6.99. The predicted octanol–water partition coefficient (Wildman–Crippen LogP) is 2.16. The fourth-order valence-corrected chi connectivity index (χ4v) is 2.25. The van der Waals surface area contributed by atoms with Crippen molar-refractivity contribution >= 4 is 18.3 Å². The first-order valence-electron chi connectivity index (χ1n) is 7.28. The van der Waals surface area contributed by atoms with Crippen LogP contribution in [0.3, 0.4) is 0 Å². The van der Waals surface area contributed by atoms with Crippen molar-refractivity contribution in [1.82, 2.24) is 10.6 Å². The van der Waals surface area contributed by atoms with E-state index in [4.69, 9.17) is 4.74 Å². The van der Waals surface area contributed by atoms with Gasteiger partial charge < -0.3 is 15.4 Å². The van der Waals surface area contributed by atoms with Gasteiger partial charge in [0.2, 0.25) is 5.91 Å². The van der Waals surface area contributed by atoms with E-state index in [1.165, 1.54) is 5.56 Å². The van der Waals surface area contributed by atoms with Gasteiger partial charge in [-0.25, -0.2) is 0 Å². The van der Waals surface area contributed by atoms with E-state index in [0.717, 1.165) is 18.8 Å². The summed E-state index contributed by atoms with van der Waals surface area (Å²) in [6.45, 7) is 8.43. The summed E-state index contributed by atoms with van der Waals surface area (Å²) < 4.78 is 5.80. The molecule has 1 heterocycles. The molecule has 1 fully saturated rings. The van der Waals surface area contributed by atoms with Gasteiger partial charge in [-0.1, -0.05) is 19.1 Å². The molecule has 0 saturated carbocycles. The summed E-state index contributed by atoms with van der Waals surface area (Å²) in [4.78, 5) is 12.0. The number of hydrogen-bond donors (Lipinski definition) is 2. The van der Waals surface area contributed by atoms with Crippen LogP contribution in [0, 0.1) is 18.8 Å². The number of carbonyl (C=O) groups excluding carboxylic acids is 1. The van der Waals surface area contributed by atoms with Gasteiger partial charge in [-0.3, -0.25) is 4.79 Å². The fourth-order valence-electron chi connectivity index (χ4n) is 2.25. The van der Waals surface area contributed by atoms with Crippen molar-refractivity contribution < 1.29 is 9.53 Å². The quantitative estimate of drug-likeness (QED) is 0.846. The predicted molar refractivity (Wildman–Crippen MR) is 87.1 cm³/mol. The van der Waals surface area contributed by atoms with Crippen LogP contribution in [0.4, 0.5) is 0 Å². The van der Waals surface area contributed by atoms with E-state index in [1.807, 2.05) is 45.0 Å². The molecular weight excluding hydrogens is 288 g/mol. The van der Waals surface area contributed by atoms with Crippen LogP contribution in [0.15, 0.2) is 24.3 Å². The van der Waals surface area contributed by atoms with E-state index < -0.39 is 0 Å². The third-order valence-electron chi connectivity index (χ3n) is 3.82. The van der Waals surface area contributed by atoms with E-state index in [-0.39, 0.29) is 30.3 Å². The van der Waals surface area contributed by atoms with Gasteiger partial charge in [-0.05, 0) is 50.6 Å². The maximum Gasteiger partial charge on any atom is 0.223 e. The highest BCUT2D eigenvalue weighted by Crippen LogP contribution is 2.16. The number of rotatable bonds is 6. The normalized spacial score (nSPS) is 17.1. The molecule has 2 rings (SSSR count). The fraction of sp³-hybridized carbons (Fsp3) is 0.562. The lowest BCUT2D eigenvalue weighted by molar-refractivity contribution is -0.127. The summed E-state index contributed by atoms with van der Waals surface area (Å²) in [6, 6.07) is 7.95. The molecule has 1 aliphatic rings. The van der Waals surface area contributed by atoms with Crippen LogP contribution in [0.5, 0.6) is 5.75 Å². The summed E-state index contributed by atoms with van der Waals surface area (Å²) in [5.41, 5.74) is 1.17. The molecule has 1 aromatic rings. The SMILES string of the molecule is Cc1cccc(OC(C)CNC(=O)C(C)C2CNC2)c1.Cl. The van der Waals surface area contributed by atoms with E-state index in [1.54, 1.807) is 0 Å². The largest absolute Gasteiger partial charge is 0.489 e. The van der Waals surface area contributed by atoms with Gasteiger partial charge >= 0.3 is 0 Å². The summed E-state index contributed by atoms with van der Waals surface area (Å²) >= 11 is 0. The number of nitrogens with one attached hydrogen (secondary N) is 2. The second kappa shape index (κ2) is 8.25. The summed E-state index contributed by atoms with van der Waals surface area (Å²) in [5.74, 6) is 1.52. The summed E-state index contributed by atoms with van der Waals surface area (Å²) in [7, 11) is 0. The molecule has 5 heteroatoms. The monoisotopic (exact) mass is 312 g/mol. The van der Waals surface area contributed by atoms with Gasteiger partial charge in [0, 0.05) is 5.92 Å². The molecule has 1 amide bonds. The van der Waals surface area contributed by atoms with Gasteiger partial charge in [0.25, 0.3) is 0 Å². The van der Waals surface area contributed by atoms with Crippen molar-refractivity contribution in [1.29, 1.82) is 0 Å². The second-order valence-electron chi connectivity index (χ2n) is 5.70. The number of ether oxygens (including phenoxy) is 1. The number of aryl methyl sites for hydroxylation is 1. The average Bonchev–Trinajstić information content (AvgIpc) is 2.33. The van der Waals surface area contributed by atoms with E-state index in [2.05, 4.69) is 10.6 Å². The van der Waals surface area contributed by atoms with Gasteiger partial charge in [-0.15, -0.1) is 12.4 Å². The van der Waals surface area contributed by atoms with Gasteiger partial charge in [0.05, 0.1) is 6.54 Å². The lowest BCUT2D eigenvalue weighted by atomic mass is 9.88. The van der Waals surface area contributed by atoms with Gasteiger partial charge in [0.1, 0.15) is 11.9 Å².